The summed E-state index contributed by atoms with van der Waals surface area (Å²) in [6.45, 7) is 2.03. The Kier molecular flexibility index (Phi) is 5.23. The van der Waals surface area contributed by atoms with Gasteiger partial charge in [-0.15, -0.1) is 0 Å². The highest BCUT2D eigenvalue weighted by Crippen LogP contribution is 2.37. The minimum Gasteiger partial charge on any atom is -0.310 e. The van der Waals surface area contributed by atoms with Crippen molar-refractivity contribution >= 4 is 35.1 Å². The van der Waals surface area contributed by atoms with E-state index in [2.05, 4.69) is 5.32 Å². The van der Waals surface area contributed by atoms with Crippen LogP contribution >= 0.6 is 23.4 Å². The monoisotopic (exact) mass is 397 g/mol. The van der Waals surface area contributed by atoms with Crippen molar-refractivity contribution in [3.05, 3.63) is 76.4 Å². The molecule has 1 aliphatic heterocycles. The fraction of sp³-hybridized carbons (Fsp3) is 0.238. The highest BCUT2D eigenvalue weighted by Gasteiger charge is 2.27. The Bertz CT molecular complexity index is 971. The predicted molar refractivity (Wildman–Crippen MR) is 112 cm³/mol. The molecule has 0 radical (unpaired) electrons. The zero-order valence-electron chi connectivity index (χ0n) is 15.0. The van der Waals surface area contributed by atoms with E-state index >= 15 is 0 Å². The number of halogens is 1. The van der Waals surface area contributed by atoms with Crippen molar-refractivity contribution < 1.29 is 4.79 Å². The number of hydrogen-bond donors (Lipinski definition) is 1. The van der Waals surface area contributed by atoms with E-state index in [1.807, 2.05) is 78.0 Å². The molecule has 138 valence electrons. The van der Waals surface area contributed by atoms with Crippen molar-refractivity contribution in [2.24, 2.45) is 0 Å². The summed E-state index contributed by atoms with van der Waals surface area (Å²) in [5.74, 6) is 2.27. The molecule has 1 atom stereocenters. The third-order valence-corrected chi connectivity index (χ3v) is 5.98. The Morgan fingerprint density at radius 1 is 1.22 bits per heavy atom. The fourth-order valence-electron chi connectivity index (χ4n) is 3.40. The van der Waals surface area contributed by atoms with Crippen LogP contribution in [0.15, 0.2) is 54.6 Å². The van der Waals surface area contributed by atoms with Gasteiger partial charge in [-0.1, -0.05) is 54.9 Å². The van der Waals surface area contributed by atoms with Crippen molar-refractivity contribution in [3.63, 3.8) is 0 Å². The highest BCUT2D eigenvalue weighted by molar-refractivity contribution is 7.98. The Hall–Kier alpha value is -2.24. The number of nitrogens with zero attached hydrogens (tertiary/aromatic N) is 2. The van der Waals surface area contributed by atoms with Crippen LogP contribution in [0.3, 0.4) is 0 Å². The molecule has 3 aromatic rings. The molecule has 0 bridgehead atoms. The lowest BCUT2D eigenvalue weighted by Gasteiger charge is -2.17. The van der Waals surface area contributed by atoms with Crippen LogP contribution in [-0.2, 0) is 16.3 Å². The molecule has 0 fully saturated rings. The molecule has 0 spiro atoms. The number of hydrogen-bond acceptors (Lipinski definition) is 3. The molecule has 0 unspecified atom stereocenters. The summed E-state index contributed by atoms with van der Waals surface area (Å²) in [6, 6.07) is 17.4. The van der Waals surface area contributed by atoms with E-state index in [4.69, 9.17) is 16.7 Å². The maximum atomic E-state index is 13.1. The molecule has 6 heteroatoms. The molecule has 1 aliphatic rings. The molecule has 0 saturated heterocycles. The molecule has 1 N–H and O–H groups in total. The summed E-state index contributed by atoms with van der Waals surface area (Å²) in [4.78, 5) is 13.1. The summed E-state index contributed by atoms with van der Waals surface area (Å²) in [5, 5.41) is 8.54. The number of carbonyl (C=O) groups excluding carboxylic acids is 1. The van der Waals surface area contributed by atoms with Crippen LogP contribution in [0.25, 0.3) is 5.69 Å². The van der Waals surface area contributed by atoms with E-state index in [9.17, 15) is 4.79 Å². The number of aromatic nitrogens is 2. The molecular weight excluding hydrogens is 378 g/mol. The fourth-order valence-corrected chi connectivity index (χ4v) is 4.62. The summed E-state index contributed by atoms with van der Waals surface area (Å²) in [5.41, 5.74) is 4.02. The van der Waals surface area contributed by atoms with Gasteiger partial charge < -0.3 is 5.32 Å². The van der Waals surface area contributed by atoms with Crippen LogP contribution in [0, 0.1) is 0 Å². The zero-order valence-corrected chi connectivity index (χ0v) is 16.6. The van der Waals surface area contributed by atoms with Gasteiger partial charge in [-0.05, 0) is 30.2 Å². The second-order valence-corrected chi connectivity index (χ2v) is 7.94. The predicted octanol–water partition coefficient (Wildman–Crippen LogP) is 5.40. The molecular formula is C21H20ClN3OS. The normalized spacial score (nSPS) is 14.0. The molecule has 2 heterocycles. The lowest BCUT2D eigenvalue weighted by molar-refractivity contribution is -0.117. The molecule has 1 aromatic heterocycles. The second kappa shape index (κ2) is 7.79. The van der Waals surface area contributed by atoms with E-state index in [-0.39, 0.29) is 11.8 Å². The standard InChI is InChI=1S/C21H20ClN3OS/c1-2-17(14-7-4-3-5-8-14)21(26)23-20-18-12-27-13-19(18)24-25(20)16-10-6-9-15(22)11-16/h3-11,17H,2,12-13H2,1H3,(H,23,26)/t17-/m0/s1. The van der Waals surface area contributed by atoms with E-state index in [1.54, 1.807) is 0 Å². The Morgan fingerprint density at radius 2 is 2.04 bits per heavy atom. The van der Waals surface area contributed by atoms with Gasteiger partial charge >= 0.3 is 0 Å². The van der Waals surface area contributed by atoms with Gasteiger partial charge in [-0.2, -0.15) is 16.9 Å². The zero-order chi connectivity index (χ0) is 18.8. The number of anilines is 1. The lowest BCUT2D eigenvalue weighted by atomic mass is 9.95. The maximum Gasteiger partial charge on any atom is 0.233 e. The number of amides is 1. The molecule has 2 aromatic carbocycles. The molecule has 0 aliphatic carbocycles. The first-order valence-corrected chi connectivity index (χ1v) is 10.5. The van der Waals surface area contributed by atoms with Gasteiger partial charge in [0.25, 0.3) is 0 Å². The van der Waals surface area contributed by atoms with Crippen LogP contribution in [0.4, 0.5) is 5.82 Å². The molecule has 1 amide bonds. The van der Waals surface area contributed by atoms with Crippen molar-refractivity contribution in [3.8, 4) is 5.69 Å². The molecule has 27 heavy (non-hydrogen) atoms. The van der Waals surface area contributed by atoms with Gasteiger partial charge in [-0.3, -0.25) is 4.79 Å². The number of rotatable bonds is 5. The van der Waals surface area contributed by atoms with Crippen LogP contribution in [0.2, 0.25) is 5.02 Å². The van der Waals surface area contributed by atoms with Gasteiger partial charge in [-0.25, -0.2) is 4.68 Å². The molecule has 4 rings (SSSR count). The third-order valence-electron chi connectivity index (χ3n) is 4.77. The second-order valence-electron chi connectivity index (χ2n) is 6.52. The number of fused-ring (bicyclic) bond motifs is 1. The third kappa shape index (κ3) is 3.62. The van der Waals surface area contributed by atoms with Gasteiger partial charge in [0, 0.05) is 22.1 Å². The minimum absolute atomic E-state index is 0.00780. The van der Waals surface area contributed by atoms with Crippen molar-refractivity contribution in [2.45, 2.75) is 30.8 Å². The van der Waals surface area contributed by atoms with Gasteiger partial charge in [0.1, 0.15) is 5.82 Å². The number of carbonyl (C=O) groups is 1. The lowest BCUT2D eigenvalue weighted by Crippen LogP contribution is -2.23. The van der Waals surface area contributed by atoms with E-state index in [1.165, 1.54) is 0 Å². The first-order valence-electron chi connectivity index (χ1n) is 8.97. The Morgan fingerprint density at radius 3 is 2.78 bits per heavy atom. The molecule has 0 saturated carbocycles. The first-order chi connectivity index (χ1) is 13.2. The summed E-state index contributed by atoms with van der Waals surface area (Å²) in [6.07, 6.45) is 0.734. The van der Waals surface area contributed by atoms with Crippen molar-refractivity contribution in [2.75, 3.05) is 5.32 Å². The maximum absolute atomic E-state index is 13.1. The molecule has 4 nitrogen and oxygen atoms in total. The first kappa shape index (κ1) is 18.1. The quantitative estimate of drug-likeness (QED) is 0.626. The van der Waals surface area contributed by atoms with Crippen molar-refractivity contribution in [1.29, 1.82) is 0 Å². The highest BCUT2D eigenvalue weighted by atomic mass is 35.5. The van der Waals surface area contributed by atoms with E-state index in [0.29, 0.717) is 5.02 Å². The summed E-state index contributed by atoms with van der Waals surface area (Å²) < 4.78 is 1.81. The van der Waals surface area contributed by atoms with Gasteiger partial charge in [0.05, 0.1) is 17.3 Å². The van der Waals surface area contributed by atoms with Crippen molar-refractivity contribution in [1.82, 2.24) is 9.78 Å². The minimum atomic E-state index is -0.196. The number of thioether (sulfide) groups is 1. The SMILES string of the molecule is CC[C@H](C(=O)Nc1c2c(nn1-c1cccc(Cl)c1)CSC2)c1ccccc1. The Balaban J connectivity index is 1.70. The average Bonchev–Trinajstić information content (AvgIpc) is 3.26. The van der Waals surface area contributed by atoms with Gasteiger partial charge in [0.15, 0.2) is 0 Å². The average molecular weight is 398 g/mol. The number of benzene rings is 2. The van der Waals surface area contributed by atoms with E-state index < -0.39 is 0 Å². The van der Waals surface area contributed by atoms with Crippen LogP contribution in [-0.4, -0.2) is 15.7 Å². The summed E-state index contributed by atoms with van der Waals surface area (Å²) in [7, 11) is 0. The topological polar surface area (TPSA) is 46.9 Å². The van der Waals surface area contributed by atoms with Crippen LogP contribution in [0.1, 0.15) is 36.1 Å². The summed E-state index contributed by atoms with van der Waals surface area (Å²) >= 11 is 7.98. The number of nitrogens with one attached hydrogen (secondary N) is 1. The smallest absolute Gasteiger partial charge is 0.233 e. The largest absolute Gasteiger partial charge is 0.310 e. The van der Waals surface area contributed by atoms with Gasteiger partial charge in [0.2, 0.25) is 5.91 Å². The Labute approximate surface area is 167 Å². The van der Waals surface area contributed by atoms with E-state index in [0.717, 1.165) is 46.3 Å². The van der Waals surface area contributed by atoms with Crippen LogP contribution in [0.5, 0.6) is 0 Å². The van der Waals surface area contributed by atoms with Crippen LogP contribution < -0.4 is 5.32 Å².